The first-order chi connectivity index (χ1) is 14.1. The summed E-state index contributed by atoms with van der Waals surface area (Å²) in [4.78, 5) is 14.8. The van der Waals surface area contributed by atoms with Gasteiger partial charge in [0, 0.05) is 58.9 Å². The third-order valence-corrected chi connectivity index (χ3v) is 7.64. The first-order valence-corrected chi connectivity index (χ1v) is 12.0. The van der Waals surface area contributed by atoms with E-state index >= 15 is 0 Å². The van der Waals surface area contributed by atoms with E-state index in [1.807, 2.05) is 12.3 Å². The van der Waals surface area contributed by atoms with Crippen molar-refractivity contribution in [1.82, 2.24) is 9.47 Å². The van der Waals surface area contributed by atoms with Gasteiger partial charge in [0.15, 0.2) is 5.78 Å². The van der Waals surface area contributed by atoms with Crippen LogP contribution >= 0.6 is 15.9 Å². The maximum Gasteiger partial charge on any atom is 0.161 e. The average Bonchev–Trinajstić information content (AvgIpc) is 3.41. The fourth-order valence-corrected chi connectivity index (χ4v) is 5.79. The first kappa shape index (κ1) is 19.8. The summed E-state index contributed by atoms with van der Waals surface area (Å²) in [7, 11) is 0. The monoisotopic (exact) mass is 458 g/mol. The third kappa shape index (κ3) is 4.19. The van der Waals surface area contributed by atoms with E-state index in [0.717, 1.165) is 53.0 Å². The Hall–Kier alpha value is -1.17. The van der Waals surface area contributed by atoms with Crippen LogP contribution in [0.1, 0.15) is 62.2 Å². The lowest BCUT2D eigenvalue weighted by Crippen LogP contribution is -2.46. The first-order valence-electron chi connectivity index (χ1n) is 11.2. The van der Waals surface area contributed by atoms with Crippen LogP contribution in [0.3, 0.4) is 0 Å². The van der Waals surface area contributed by atoms with E-state index in [2.05, 4.69) is 37.5 Å². The standard InChI is InChI=1S/C24H31BrN2O2/c1-16(28)23-14-26(24-11-18(25)5-8-22(23)24)9-2-10-27-19-6-7-20(27)13-21(12-19)29-15-17-3-4-17/h5,8,11,14,17,19-21H,2-4,6-7,9-10,12-13,15H2,1H3. The molecule has 2 unspecified atom stereocenters. The molecule has 1 aromatic heterocycles. The minimum absolute atomic E-state index is 0.141. The molecule has 2 aromatic rings. The Labute approximate surface area is 181 Å². The van der Waals surface area contributed by atoms with Crippen LogP contribution in [0.25, 0.3) is 10.9 Å². The normalized spacial score (nSPS) is 27.0. The molecular weight excluding hydrogens is 428 g/mol. The quantitative estimate of drug-likeness (QED) is 0.495. The number of rotatable bonds is 8. The highest BCUT2D eigenvalue weighted by Crippen LogP contribution is 2.38. The Morgan fingerprint density at radius 1 is 1.14 bits per heavy atom. The number of ether oxygens (including phenoxy) is 1. The van der Waals surface area contributed by atoms with Gasteiger partial charge < -0.3 is 9.30 Å². The summed E-state index contributed by atoms with van der Waals surface area (Å²) in [6.45, 7) is 4.76. The molecule has 0 spiro atoms. The third-order valence-electron chi connectivity index (χ3n) is 7.14. The van der Waals surface area contributed by atoms with Crippen molar-refractivity contribution >= 4 is 32.6 Å². The lowest BCUT2D eigenvalue weighted by molar-refractivity contribution is -0.0241. The molecule has 3 heterocycles. The highest BCUT2D eigenvalue weighted by Gasteiger charge is 2.41. The molecule has 2 bridgehead atoms. The number of carbonyl (C=O) groups is 1. The summed E-state index contributed by atoms with van der Waals surface area (Å²) < 4.78 is 9.56. The molecule has 0 amide bonds. The van der Waals surface area contributed by atoms with Gasteiger partial charge >= 0.3 is 0 Å². The second-order valence-corrected chi connectivity index (χ2v) is 10.2. The van der Waals surface area contributed by atoms with Crippen molar-refractivity contribution in [3.63, 3.8) is 0 Å². The highest BCUT2D eigenvalue weighted by molar-refractivity contribution is 9.10. The van der Waals surface area contributed by atoms with Gasteiger partial charge in [-0.25, -0.2) is 0 Å². The van der Waals surface area contributed by atoms with Crippen LogP contribution < -0.4 is 0 Å². The van der Waals surface area contributed by atoms with Crippen LogP contribution in [-0.4, -0.2) is 46.6 Å². The molecule has 2 saturated heterocycles. The Morgan fingerprint density at radius 2 is 1.90 bits per heavy atom. The van der Waals surface area contributed by atoms with Crippen molar-refractivity contribution < 1.29 is 9.53 Å². The van der Waals surface area contributed by atoms with E-state index in [4.69, 9.17) is 4.74 Å². The second-order valence-electron chi connectivity index (χ2n) is 9.30. The van der Waals surface area contributed by atoms with Crippen LogP contribution in [0.4, 0.5) is 0 Å². The minimum Gasteiger partial charge on any atom is -0.378 e. The molecule has 5 heteroatoms. The summed E-state index contributed by atoms with van der Waals surface area (Å²) in [5.74, 6) is 1.00. The number of piperidine rings is 1. The molecule has 4 nitrogen and oxygen atoms in total. The van der Waals surface area contributed by atoms with Gasteiger partial charge in [-0.05, 0) is 69.9 Å². The summed E-state index contributed by atoms with van der Waals surface area (Å²) in [6.07, 6.45) is 11.5. The Bertz CT molecular complexity index is 890. The van der Waals surface area contributed by atoms with Crippen molar-refractivity contribution in [3.8, 4) is 0 Å². The fraction of sp³-hybridized carbons (Fsp3) is 0.625. The van der Waals surface area contributed by atoms with E-state index in [1.165, 1.54) is 38.5 Å². The van der Waals surface area contributed by atoms with Crippen LogP contribution in [0.2, 0.25) is 0 Å². The van der Waals surface area contributed by atoms with E-state index in [1.54, 1.807) is 6.92 Å². The second kappa shape index (κ2) is 8.16. The van der Waals surface area contributed by atoms with Gasteiger partial charge in [-0.1, -0.05) is 22.0 Å². The van der Waals surface area contributed by atoms with Crippen molar-refractivity contribution in [2.24, 2.45) is 5.92 Å². The largest absolute Gasteiger partial charge is 0.378 e. The smallest absolute Gasteiger partial charge is 0.161 e. The lowest BCUT2D eigenvalue weighted by Gasteiger charge is -2.39. The number of hydrogen-bond acceptors (Lipinski definition) is 3. The van der Waals surface area contributed by atoms with Crippen LogP contribution in [0, 0.1) is 5.92 Å². The predicted octanol–water partition coefficient (Wildman–Crippen LogP) is 5.42. The van der Waals surface area contributed by atoms with Gasteiger partial charge in [-0.15, -0.1) is 0 Å². The zero-order valence-corrected chi connectivity index (χ0v) is 18.9. The highest BCUT2D eigenvalue weighted by atomic mass is 79.9. The van der Waals surface area contributed by atoms with Crippen molar-refractivity contribution in [2.75, 3.05) is 13.2 Å². The van der Waals surface area contributed by atoms with Gasteiger partial charge in [-0.2, -0.15) is 0 Å². The number of hydrogen-bond donors (Lipinski definition) is 0. The van der Waals surface area contributed by atoms with E-state index in [0.29, 0.717) is 18.2 Å². The predicted molar refractivity (Wildman–Crippen MR) is 119 cm³/mol. The number of aromatic nitrogens is 1. The van der Waals surface area contributed by atoms with Gasteiger partial charge in [0.25, 0.3) is 0 Å². The van der Waals surface area contributed by atoms with Crippen LogP contribution in [0.15, 0.2) is 28.9 Å². The Balaban J connectivity index is 1.21. The molecular formula is C24H31BrN2O2. The molecule has 2 aliphatic heterocycles. The molecule has 156 valence electrons. The molecule has 1 aromatic carbocycles. The van der Waals surface area contributed by atoms with Gasteiger partial charge in [-0.3, -0.25) is 9.69 Å². The fourth-order valence-electron chi connectivity index (χ4n) is 5.44. The SMILES string of the molecule is CC(=O)c1cn(CCCN2C3CCC2CC(OCC2CC2)C3)c2cc(Br)ccc12. The van der Waals surface area contributed by atoms with Gasteiger partial charge in [0.1, 0.15) is 0 Å². The maximum absolute atomic E-state index is 12.1. The summed E-state index contributed by atoms with van der Waals surface area (Å²) in [5.41, 5.74) is 1.99. The zero-order chi connectivity index (χ0) is 20.0. The van der Waals surface area contributed by atoms with Crippen LogP contribution in [0.5, 0.6) is 0 Å². The van der Waals surface area contributed by atoms with Crippen molar-refractivity contribution in [3.05, 3.63) is 34.4 Å². The number of carbonyl (C=O) groups excluding carboxylic acids is 1. The molecule has 0 N–H and O–H groups in total. The number of Topliss-reactive ketones (excluding diaryl/α,β-unsaturated/α-hetero) is 1. The Kier molecular flexibility index (Phi) is 5.57. The van der Waals surface area contributed by atoms with E-state index in [-0.39, 0.29) is 5.78 Å². The van der Waals surface area contributed by atoms with E-state index < -0.39 is 0 Å². The molecule has 3 fully saturated rings. The number of halogens is 1. The molecule has 1 saturated carbocycles. The number of aryl methyl sites for hydroxylation is 1. The number of nitrogens with zero attached hydrogens (tertiary/aromatic N) is 2. The van der Waals surface area contributed by atoms with Crippen LogP contribution in [-0.2, 0) is 11.3 Å². The molecule has 0 radical (unpaired) electrons. The molecule has 5 rings (SSSR count). The summed E-state index contributed by atoms with van der Waals surface area (Å²) in [5, 5.41) is 1.06. The summed E-state index contributed by atoms with van der Waals surface area (Å²) >= 11 is 3.58. The van der Waals surface area contributed by atoms with Gasteiger partial charge in [0.05, 0.1) is 6.10 Å². The number of ketones is 1. The topological polar surface area (TPSA) is 34.5 Å². The molecule has 1 aliphatic carbocycles. The van der Waals surface area contributed by atoms with Crippen molar-refractivity contribution in [1.29, 1.82) is 0 Å². The van der Waals surface area contributed by atoms with Crippen molar-refractivity contribution in [2.45, 2.75) is 76.6 Å². The molecule has 2 atom stereocenters. The number of fused-ring (bicyclic) bond motifs is 3. The van der Waals surface area contributed by atoms with E-state index in [9.17, 15) is 4.79 Å². The lowest BCUT2D eigenvalue weighted by atomic mass is 9.99. The Morgan fingerprint density at radius 3 is 2.59 bits per heavy atom. The summed E-state index contributed by atoms with van der Waals surface area (Å²) in [6, 6.07) is 7.63. The minimum atomic E-state index is 0.141. The molecule has 29 heavy (non-hydrogen) atoms. The number of benzene rings is 1. The zero-order valence-electron chi connectivity index (χ0n) is 17.3. The molecule has 3 aliphatic rings. The van der Waals surface area contributed by atoms with Gasteiger partial charge in [0.2, 0.25) is 0 Å². The average molecular weight is 459 g/mol. The maximum atomic E-state index is 12.1.